The fourth-order valence-electron chi connectivity index (χ4n) is 3.09. The van der Waals surface area contributed by atoms with Crippen LogP contribution in [0.2, 0.25) is 0 Å². The monoisotopic (exact) mass is 485 g/mol. The maximum absolute atomic E-state index is 10.9. The number of benzene rings is 2. The molecule has 1 fully saturated rings. The summed E-state index contributed by atoms with van der Waals surface area (Å²) in [6.45, 7) is 14.2. The molecule has 194 valence electrons. The molecular weight excluding hydrogens is 442 g/mol. The summed E-state index contributed by atoms with van der Waals surface area (Å²) >= 11 is 0. The van der Waals surface area contributed by atoms with Crippen molar-refractivity contribution in [3.05, 3.63) is 70.3 Å². The van der Waals surface area contributed by atoms with Gasteiger partial charge in [-0.15, -0.1) is 0 Å². The van der Waals surface area contributed by atoms with Crippen LogP contribution in [0.25, 0.3) is 0 Å². The number of nitrogens with zero attached hydrogens (tertiary/aromatic N) is 1. The highest BCUT2D eigenvalue weighted by Crippen LogP contribution is 2.23. The third-order valence-electron chi connectivity index (χ3n) is 5.67. The summed E-state index contributed by atoms with van der Waals surface area (Å²) in [6, 6.07) is 15.8. The van der Waals surface area contributed by atoms with Crippen molar-refractivity contribution in [2.45, 2.75) is 65.2 Å². The van der Waals surface area contributed by atoms with Crippen LogP contribution in [-0.4, -0.2) is 37.3 Å². The molecule has 0 aliphatic carbocycles. The van der Waals surface area contributed by atoms with E-state index in [0.29, 0.717) is 17.6 Å². The summed E-state index contributed by atoms with van der Waals surface area (Å²) in [6.07, 6.45) is 0.459. The number of hydrogen-bond donors (Lipinski definition) is 5. The molecule has 0 radical (unpaired) electrons. The average Bonchev–Trinajstić information content (AvgIpc) is 2.89. The number of aryl methyl sites for hydroxylation is 1. The summed E-state index contributed by atoms with van der Waals surface area (Å²) < 4.78 is 4.97. The van der Waals surface area contributed by atoms with E-state index in [1.54, 1.807) is 6.07 Å². The summed E-state index contributed by atoms with van der Waals surface area (Å²) in [5, 5.41) is 22.2. The molecule has 2 aromatic carbocycles. The molecule has 1 aliphatic heterocycles. The first kappa shape index (κ1) is 32.4. The Kier molecular flexibility index (Phi) is 14.9. The van der Waals surface area contributed by atoms with Gasteiger partial charge in [0.2, 0.25) is 0 Å². The minimum atomic E-state index is -0.521. The van der Waals surface area contributed by atoms with Gasteiger partial charge < -0.3 is 21.0 Å². The highest BCUT2D eigenvalue weighted by molar-refractivity contribution is 5.75. The summed E-state index contributed by atoms with van der Waals surface area (Å²) in [5.41, 5.74) is 10.6. The number of ether oxygens (including phenoxy) is 1. The van der Waals surface area contributed by atoms with Gasteiger partial charge in [0.15, 0.2) is 0 Å². The molecule has 3 rings (SSSR count). The van der Waals surface area contributed by atoms with Crippen LogP contribution in [0.1, 0.15) is 73.4 Å². The number of aldehydes is 1. The molecule has 7 N–H and O–H groups in total. The summed E-state index contributed by atoms with van der Waals surface area (Å²) in [4.78, 5) is 10.9. The Balaban J connectivity index is 0.000000878. The quantitative estimate of drug-likeness (QED) is 0.227. The first-order chi connectivity index (χ1) is 16.6. The van der Waals surface area contributed by atoms with Crippen LogP contribution in [0.15, 0.2) is 42.5 Å². The molecule has 0 bridgehead atoms. The molecule has 0 aromatic heterocycles. The zero-order chi connectivity index (χ0) is 27.1. The van der Waals surface area contributed by atoms with Gasteiger partial charge in [-0.1, -0.05) is 50.2 Å². The zero-order valence-corrected chi connectivity index (χ0v) is 22.2. The van der Waals surface area contributed by atoms with E-state index in [0.717, 1.165) is 41.8 Å². The van der Waals surface area contributed by atoms with Crippen molar-refractivity contribution in [2.75, 3.05) is 20.3 Å². The van der Waals surface area contributed by atoms with Gasteiger partial charge in [-0.2, -0.15) is 5.26 Å². The number of likely N-dealkylation sites (N-methyl/N-ethyl adjacent to an activating group) is 1. The second-order valence-corrected chi connectivity index (χ2v) is 8.83. The van der Waals surface area contributed by atoms with Crippen LogP contribution in [0, 0.1) is 18.3 Å². The maximum Gasteiger partial charge on any atom is 0.150 e. The Morgan fingerprint density at radius 1 is 1.23 bits per heavy atom. The number of rotatable bonds is 7. The lowest BCUT2D eigenvalue weighted by molar-refractivity contribution is -0.0602. The van der Waals surface area contributed by atoms with Gasteiger partial charge in [-0.25, -0.2) is 5.90 Å². The topological polar surface area (TPSA) is 146 Å². The number of nitrogens with one attached hydrogen (secondary N) is 2. The molecule has 35 heavy (non-hydrogen) atoms. The van der Waals surface area contributed by atoms with Crippen molar-refractivity contribution in [2.24, 2.45) is 11.6 Å². The third kappa shape index (κ3) is 10.2. The number of nitrogens with two attached hydrogens (primary N) is 2. The molecule has 0 amide bonds. The van der Waals surface area contributed by atoms with Crippen molar-refractivity contribution < 1.29 is 14.7 Å². The Morgan fingerprint density at radius 3 is 2.31 bits per heavy atom. The van der Waals surface area contributed by atoms with E-state index < -0.39 is 5.41 Å². The fourth-order valence-corrected chi connectivity index (χ4v) is 3.09. The third-order valence-corrected chi connectivity index (χ3v) is 5.67. The molecule has 0 saturated carbocycles. The second-order valence-electron chi connectivity index (χ2n) is 8.83. The van der Waals surface area contributed by atoms with E-state index in [9.17, 15) is 10.1 Å². The maximum atomic E-state index is 10.9. The van der Waals surface area contributed by atoms with Crippen LogP contribution in [0.3, 0.4) is 0 Å². The zero-order valence-electron chi connectivity index (χ0n) is 22.2. The molecular formula is C27H43N5O3. The number of carbonyl (C=O) groups is 1. The number of carbonyl (C=O) groups excluding carboxylic acids is 1. The molecule has 8 heteroatoms. The Labute approximate surface area is 210 Å². The van der Waals surface area contributed by atoms with E-state index >= 15 is 0 Å². The van der Waals surface area contributed by atoms with Gasteiger partial charge in [-0.05, 0) is 63.1 Å². The summed E-state index contributed by atoms with van der Waals surface area (Å²) in [5.74, 6) is 3.50. The fraction of sp³-hybridized carbons (Fsp3) is 0.481. The molecule has 0 spiro atoms. The van der Waals surface area contributed by atoms with Gasteiger partial charge >= 0.3 is 0 Å². The number of hydrogen-bond acceptors (Lipinski definition) is 8. The lowest BCUT2D eigenvalue weighted by Crippen LogP contribution is -2.56. The van der Waals surface area contributed by atoms with Crippen LogP contribution in [0.5, 0.6) is 0 Å². The summed E-state index contributed by atoms with van der Waals surface area (Å²) in [7, 11) is 1.96. The molecule has 1 saturated heterocycles. The normalized spacial score (nSPS) is 14.2. The van der Waals surface area contributed by atoms with Crippen molar-refractivity contribution in [3.8, 4) is 6.07 Å². The largest absolute Gasteiger partial charge is 0.377 e. The molecule has 1 heterocycles. The van der Waals surface area contributed by atoms with Gasteiger partial charge in [-0.3, -0.25) is 10.1 Å². The minimum Gasteiger partial charge on any atom is -0.377 e. The molecule has 2 aromatic rings. The van der Waals surface area contributed by atoms with E-state index in [4.69, 9.17) is 15.7 Å². The van der Waals surface area contributed by atoms with Crippen LogP contribution in [0.4, 0.5) is 0 Å². The predicted molar refractivity (Wildman–Crippen MR) is 141 cm³/mol. The van der Waals surface area contributed by atoms with Gasteiger partial charge in [0.1, 0.15) is 6.29 Å². The minimum absolute atomic E-state index is 0.292. The highest BCUT2D eigenvalue weighted by atomic mass is 16.5. The molecule has 1 atom stereocenters. The van der Waals surface area contributed by atoms with E-state index in [-0.39, 0.29) is 6.17 Å². The molecule has 8 nitrogen and oxygen atoms in total. The lowest BCUT2D eigenvalue weighted by atomic mass is 9.85. The molecule has 1 aliphatic rings. The van der Waals surface area contributed by atoms with Crippen LogP contribution >= 0.6 is 0 Å². The Hall–Kier alpha value is -2.64. The standard InChI is InChI=1S/C20H23N3O.C5H11NO.C2H6.H3NO/c1-14-7-8-16(12-24)10-18(14)19(22)23-11-15-5-4-6-17(9-15)20(2,3)13-21;1-5(6-2)3-7-4-5;2*1-2/h4-10,12,19,23H,11,22H2,1-3H3;6H,3-4H2,1-2H3;1-2H3;2H,1H2. The molecule has 1 unspecified atom stereocenters. The Morgan fingerprint density at radius 2 is 1.86 bits per heavy atom. The lowest BCUT2D eigenvalue weighted by Gasteiger charge is -2.37. The SMILES string of the molecule is CC.CNC1(C)COC1.Cc1ccc(C=O)cc1C(N)NCc1cccc(C(C)(C)C#N)c1.NO. The van der Waals surface area contributed by atoms with Crippen molar-refractivity contribution in [3.63, 3.8) is 0 Å². The average molecular weight is 486 g/mol. The van der Waals surface area contributed by atoms with Gasteiger partial charge in [0.25, 0.3) is 0 Å². The smallest absolute Gasteiger partial charge is 0.150 e. The van der Waals surface area contributed by atoms with E-state index in [1.807, 2.05) is 78.1 Å². The van der Waals surface area contributed by atoms with Gasteiger partial charge in [0.05, 0.1) is 36.4 Å². The first-order valence-electron chi connectivity index (χ1n) is 11.7. The highest BCUT2D eigenvalue weighted by Gasteiger charge is 2.30. The van der Waals surface area contributed by atoms with Crippen molar-refractivity contribution >= 4 is 6.29 Å². The van der Waals surface area contributed by atoms with E-state index in [1.165, 1.54) is 0 Å². The Bertz CT molecular complexity index is 931. The van der Waals surface area contributed by atoms with Gasteiger partial charge in [0, 0.05) is 12.1 Å². The van der Waals surface area contributed by atoms with Crippen LogP contribution < -0.4 is 22.3 Å². The van der Waals surface area contributed by atoms with Crippen molar-refractivity contribution in [1.82, 2.24) is 10.6 Å². The predicted octanol–water partition coefficient (Wildman–Crippen LogP) is 3.71. The van der Waals surface area contributed by atoms with Crippen LogP contribution in [-0.2, 0) is 16.7 Å². The number of nitriles is 1. The van der Waals surface area contributed by atoms with E-state index in [2.05, 4.69) is 29.5 Å². The second kappa shape index (κ2) is 16.1. The van der Waals surface area contributed by atoms with Crippen molar-refractivity contribution in [1.29, 1.82) is 5.26 Å². The first-order valence-corrected chi connectivity index (χ1v) is 11.7.